The molecule has 0 atom stereocenters. The Morgan fingerprint density at radius 2 is 1.54 bits per heavy atom. The van der Waals surface area contributed by atoms with Gasteiger partial charge in [-0.05, 0) is 84.2 Å². The predicted molar refractivity (Wildman–Crippen MR) is 169 cm³/mol. The molecule has 0 saturated heterocycles. The maximum atomic E-state index is 5.01. The van der Waals surface area contributed by atoms with Crippen LogP contribution in [0.5, 0.6) is 0 Å². The average molecular weight is 512 g/mol. The minimum atomic E-state index is -0.0884. The Balaban J connectivity index is 1.54. The summed E-state index contributed by atoms with van der Waals surface area (Å²) in [6, 6.07) is 28.2. The molecule has 0 amide bonds. The Labute approximate surface area is 235 Å². The number of rotatable bonds is 6. The zero-order valence-corrected chi connectivity index (χ0v) is 24.4. The van der Waals surface area contributed by atoms with Crippen LogP contribution in [0.25, 0.3) is 5.57 Å². The van der Waals surface area contributed by atoms with Gasteiger partial charge in [-0.1, -0.05) is 124 Å². The van der Waals surface area contributed by atoms with Crippen molar-refractivity contribution < 1.29 is 0 Å². The molecule has 0 N–H and O–H groups in total. The van der Waals surface area contributed by atoms with Crippen molar-refractivity contribution in [3.63, 3.8) is 0 Å². The van der Waals surface area contributed by atoms with Gasteiger partial charge >= 0.3 is 0 Å². The first kappa shape index (κ1) is 26.9. The topological polar surface area (TPSA) is 12.4 Å². The first-order valence-corrected chi connectivity index (χ1v) is 14.3. The van der Waals surface area contributed by atoms with Gasteiger partial charge in [0.1, 0.15) is 0 Å². The molecule has 5 rings (SSSR count). The quantitative estimate of drug-likeness (QED) is 0.312. The second-order valence-corrected chi connectivity index (χ2v) is 12.1. The molecule has 39 heavy (non-hydrogen) atoms. The van der Waals surface area contributed by atoms with Crippen molar-refractivity contribution >= 4 is 17.0 Å². The van der Waals surface area contributed by atoms with Crippen molar-refractivity contribution in [2.75, 3.05) is 0 Å². The highest BCUT2D eigenvalue weighted by Gasteiger charge is 2.33. The van der Waals surface area contributed by atoms with Crippen LogP contribution >= 0.6 is 0 Å². The van der Waals surface area contributed by atoms with Crippen molar-refractivity contribution in [2.45, 2.75) is 71.6 Å². The molecule has 0 aromatic heterocycles. The van der Waals surface area contributed by atoms with Crippen LogP contribution in [0.3, 0.4) is 0 Å². The fraction of sp³-hybridized carbons (Fsp3) is 0.289. The minimum absolute atomic E-state index is 0.0301. The number of aliphatic imine (C=N–C) groups is 1. The standard InChI is InChI=1S/C38H41N/c1-27-15-10-11-20-32(27)37(3,4)28(2)23-24-30-18-14-19-31(36(30)29-16-8-7-9-17-29)25-26-35-38(5,6)33-21-12-13-22-34(33)39-35/h7-13,15-17,20-26H,14,18-19H2,1-6H3/b26-25+,28-23-,30-24+. The van der Waals surface area contributed by atoms with Gasteiger partial charge in [-0.2, -0.15) is 0 Å². The van der Waals surface area contributed by atoms with E-state index in [0.717, 1.165) is 30.7 Å². The lowest BCUT2D eigenvalue weighted by molar-refractivity contribution is 0.619. The molecular weight excluding hydrogens is 470 g/mol. The third-order valence-corrected chi connectivity index (χ3v) is 8.84. The summed E-state index contributed by atoms with van der Waals surface area (Å²) in [7, 11) is 0. The molecule has 198 valence electrons. The fourth-order valence-corrected chi connectivity index (χ4v) is 6.09. The molecule has 2 aliphatic rings. The van der Waals surface area contributed by atoms with Gasteiger partial charge in [0.25, 0.3) is 0 Å². The van der Waals surface area contributed by atoms with Crippen LogP contribution in [0.15, 0.2) is 125 Å². The fourth-order valence-electron chi connectivity index (χ4n) is 6.09. The van der Waals surface area contributed by atoms with Crippen LogP contribution in [-0.4, -0.2) is 5.71 Å². The van der Waals surface area contributed by atoms with Gasteiger partial charge in [0, 0.05) is 10.8 Å². The number of fused-ring (bicyclic) bond motifs is 1. The van der Waals surface area contributed by atoms with Gasteiger partial charge in [-0.3, -0.25) is 4.99 Å². The highest BCUT2D eigenvalue weighted by molar-refractivity contribution is 6.08. The number of aryl methyl sites for hydroxylation is 1. The first-order valence-electron chi connectivity index (χ1n) is 14.3. The van der Waals surface area contributed by atoms with E-state index in [4.69, 9.17) is 4.99 Å². The average Bonchev–Trinajstić information content (AvgIpc) is 3.20. The van der Waals surface area contributed by atoms with Gasteiger partial charge in [-0.25, -0.2) is 0 Å². The van der Waals surface area contributed by atoms with Crippen molar-refractivity contribution in [1.29, 1.82) is 0 Å². The van der Waals surface area contributed by atoms with E-state index >= 15 is 0 Å². The van der Waals surface area contributed by atoms with Crippen molar-refractivity contribution in [1.82, 2.24) is 0 Å². The summed E-state index contributed by atoms with van der Waals surface area (Å²) < 4.78 is 0. The normalized spacial score (nSPS) is 18.6. The van der Waals surface area contributed by atoms with Crippen molar-refractivity contribution in [3.05, 3.63) is 142 Å². The number of benzene rings is 3. The van der Waals surface area contributed by atoms with E-state index in [0.29, 0.717) is 0 Å². The molecule has 1 heteroatoms. The molecule has 0 spiro atoms. The number of para-hydroxylation sites is 1. The summed E-state index contributed by atoms with van der Waals surface area (Å²) in [5.74, 6) is 0. The van der Waals surface area contributed by atoms with Crippen LogP contribution < -0.4 is 0 Å². The highest BCUT2D eigenvalue weighted by Crippen LogP contribution is 2.42. The zero-order valence-electron chi connectivity index (χ0n) is 24.4. The molecule has 1 nitrogen and oxygen atoms in total. The minimum Gasteiger partial charge on any atom is -0.252 e. The molecule has 0 bridgehead atoms. The summed E-state index contributed by atoms with van der Waals surface area (Å²) in [5, 5.41) is 0. The maximum absolute atomic E-state index is 5.01. The van der Waals surface area contributed by atoms with Crippen LogP contribution in [0, 0.1) is 6.92 Å². The maximum Gasteiger partial charge on any atom is 0.0674 e. The van der Waals surface area contributed by atoms with Crippen molar-refractivity contribution in [2.24, 2.45) is 4.99 Å². The molecule has 3 aromatic rings. The number of allylic oxidation sites excluding steroid dienone is 8. The van der Waals surface area contributed by atoms with E-state index in [2.05, 4.69) is 145 Å². The molecule has 3 aromatic carbocycles. The SMILES string of the molecule is C/C(=C/C=C1\CCCC(/C=C/C2=Nc3ccccc3C2(C)C)=C1c1ccccc1)C(C)(C)c1ccccc1C. The van der Waals surface area contributed by atoms with Crippen LogP contribution in [-0.2, 0) is 10.8 Å². The monoisotopic (exact) mass is 511 g/mol. The summed E-state index contributed by atoms with van der Waals surface area (Å²) in [6.45, 7) is 13.7. The van der Waals surface area contributed by atoms with E-state index < -0.39 is 0 Å². The van der Waals surface area contributed by atoms with E-state index in [-0.39, 0.29) is 10.8 Å². The third-order valence-electron chi connectivity index (χ3n) is 8.84. The number of hydrogen-bond donors (Lipinski definition) is 0. The van der Waals surface area contributed by atoms with Gasteiger partial charge in [0.05, 0.1) is 11.4 Å². The Kier molecular flexibility index (Phi) is 7.45. The second-order valence-electron chi connectivity index (χ2n) is 12.1. The molecule has 1 heterocycles. The zero-order chi connectivity index (χ0) is 27.6. The van der Waals surface area contributed by atoms with Crippen LogP contribution in [0.4, 0.5) is 5.69 Å². The van der Waals surface area contributed by atoms with Gasteiger partial charge in [0.15, 0.2) is 0 Å². The van der Waals surface area contributed by atoms with Gasteiger partial charge in [0.2, 0.25) is 0 Å². The predicted octanol–water partition coefficient (Wildman–Crippen LogP) is 10.4. The Morgan fingerprint density at radius 1 is 0.846 bits per heavy atom. The summed E-state index contributed by atoms with van der Waals surface area (Å²) >= 11 is 0. The van der Waals surface area contributed by atoms with Crippen LogP contribution in [0.1, 0.15) is 76.1 Å². The Bertz CT molecular complexity index is 1520. The lowest BCUT2D eigenvalue weighted by Crippen LogP contribution is -2.23. The van der Waals surface area contributed by atoms with E-state index in [1.54, 1.807) is 0 Å². The first-order chi connectivity index (χ1) is 18.7. The summed E-state index contributed by atoms with van der Waals surface area (Å²) in [5.41, 5.74) is 13.0. The number of hydrogen-bond acceptors (Lipinski definition) is 1. The second kappa shape index (κ2) is 10.8. The number of nitrogens with zero attached hydrogens (tertiary/aromatic N) is 1. The molecule has 1 aliphatic heterocycles. The molecule has 0 fully saturated rings. The van der Waals surface area contributed by atoms with Crippen LogP contribution in [0.2, 0.25) is 0 Å². The third kappa shape index (κ3) is 5.28. The lowest BCUT2D eigenvalue weighted by atomic mass is 9.76. The highest BCUT2D eigenvalue weighted by atomic mass is 14.8. The lowest BCUT2D eigenvalue weighted by Gasteiger charge is -2.28. The summed E-state index contributed by atoms with van der Waals surface area (Å²) in [4.78, 5) is 5.01. The van der Waals surface area contributed by atoms with Gasteiger partial charge < -0.3 is 0 Å². The molecule has 0 saturated carbocycles. The smallest absolute Gasteiger partial charge is 0.0674 e. The van der Waals surface area contributed by atoms with E-state index in [1.807, 2.05) is 0 Å². The molecular formula is C38H41N. The molecule has 1 aliphatic carbocycles. The molecule has 0 unspecified atom stereocenters. The molecule has 0 radical (unpaired) electrons. The summed E-state index contributed by atoms with van der Waals surface area (Å²) in [6.07, 6.45) is 12.7. The van der Waals surface area contributed by atoms with Gasteiger partial charge in [-0.15, -0.1) is 0 Å². The van der Waals surface area contributed by atoms with E-state index in [1.165, 1.54) is 44.5 Å². The Hall–Kier alpha value is -3.71. The largest absolute Gasteiger partial charge is 0.252 e. The van der Waals surface area contributed by atoms with Crippen molar-refractivity contribution in [3.8, 4) is 0 Å². The Morgan fingerprint density at radius 3 is 2.28 bits per heavy atom. The van der Waals surface area contributed by atoms with E-state index in [9.17, 15) is 0 Å².